The highest BCUT2D eigenvalue weighted by molar-refractivity contribution is 5.51. The first-order valence-corrected chi connectivity index (χ1v) is 18.2. The minimum absolute atomic E-state index is 0.635. The minimum atomic E-state index is 0.635. The molecule has 0 aromatic heterocycles. The van der Waals surface area contributed by atoms with Crippen LogP contribution in [0.15, 0.2) is 127 Å². The maximum absolute atomic E-state index is 6.63. The summed E-state index contributed by atoms with van der Waals surface area (Å²) in [6.45, 7) is 0. The van der Waals surface area contributed by atoms with E-state index in [2.05, 4.69) is 72.8 Å². The lowest BCUT2D eigenvalue weighted by Crippen LogP contribution is -1.98. The van der Waals surface area contributed by atoms with Crippen LogP contribution in [0.4, 0.5) is 0 Å². The fraction of sp³-hybridized carbons (Fsp3) is 0.234. The first-order chi connectivity index (χ1) is 26.4. The summed E-state index contributed by atoms with van der Waals surface area (Å²) >= 11 is 0. The summed E-state index contributed by atoms with van der Waals surface area (Å²) in [7, 11) is 8.38. The summed E-state index contributed by atoms with van der Waals surface area (Å²) in [6, 6.07) is 42.8. The van der Waals surface area contributed by atoms with Crippen LogP contribution >= 0.6 is 0 Å². The number of hydrogen-bond donors (Lipinski definition) is 0. The van der Waals surface area contributed by atoms with Gasteiger partial charge in [0.25, 0.3) is 0 Å². The SMILES string of the molecule is COc1ccc(CCc2cc(Oc3cc(CCc4cccc(OC)c4)ccc3OC)cc(Oc3cc(CCc4cccc(OC)c4)ccc3OC)c2)cc1. The molecule has 54 heavy (non-hydrogen) atoms. The summed E-state index contributed by atoms with van der Waals surface area (Å²) in [5.41, 5.74) is 6.96. The lowest BCUT2D eigenvalue weighted by molar-refractivity contribution is 0.372. The Balaban J connectivity index is 1.26. The average molecular weight is 725 g/mol. The largest absolute Gasteiger partial charge is 0.497 e. The standard InChI is InChI=1S/C47H48O7/c1-48-39-22-18-33(19-23-39)12-17-38-28-42(53-46-30-36(20-24-44(46)51-4)15-13-34-8-6-10-40(26-34)49-2)32-43(29-38)54-47-31-37(21-25-45(47)52-5)16-14-35-9-7-11-41(27-35)50-3/h6-11,18-32H,12-17H2,1-5H3. The van der Waals surface area contributed by atoms with E-state index in [9.17, 15) is 0 Å². The van der Waals surface area contributed by atoms with Gasteiger partial charge in [-0.3, -0.25) is 0 Å². The molecule has 0 aliphatic rings. The fourth-order valence-electron chi connectivity index (χ4n) is 6.37. The first-order valence-electron chi connectivity index (χ1n) is 18.2. The summed E-state index contributed by atoms with van der Waals surface area (Å²) in [6.07, 6.45) is 4.99. The van der Waals surface area contributed by atoms with Crippen LogP contribution < -0.4 is 33.2 Å². The van der Waals surface area contributed by atoms with Crippen molar-refractivity contribution in [3.05, 3.63) is 161 Å². The Morgan fingerprint density at radius 1 is 0.278 bits per heavy atom. The van der Waals surface area contributed by atoms with E-state index in [1.54, 1.807) is 35.5 Å². The third-order valence-corrected chi connectivity index (χ3v) is 9.39. The summed E-state index contributed by atoms with van der Waals surface area (Å²) in [5, 5.41) is 0. The summed E-state index contributed by atoms with van der Waals surface area (Å²) < 4.78 is 41.0. The smallest absolute Gasteiger partial charge is 0.169 e. The molecule has 6 aromatic carbocycles. The van der Waals surface area contributed by atoms with Gasteiger partial charge in [-0.1, -0.05) is 48.5 Å². The van der Waals surface area contributed by atoms with Crippen LogP contribution in [0.2, 0.25) is 0 Å². The van der Waals surface area contributed by atoms with Crippen LogP contribution in [0.3, 0.4) is 0 Å². The van der Waals surface area contributed by atoms with Crippen molar-refractivity contribution >= 4 is 0 Å². The topological polar surface area (TPSA) is 64.6 Å². The van der Waals surface area contributed by atoms with E-state index in [0.29, 0.717) is 34.5 Å². The number of hydrogen-bond acceptors (Lipinski definition) is 7. The van der Waals surface area contributed by atoms with E-state index in [0.717, 1.165) is 72.5 Å². The Hall–Kier alpha value is -6.08. The molecule has 0 aliphatic carbocycles. The van der Waals surface area contributed by atoms with Crippen LogP contribution in [0.1, 0.15) is 33.4 Å². The van der Waals surface area contributed by atoms with Gasteiger partial charge in [0, 0.05) is 6.07 Å². The number of benzene rings is 6. The van der Waals surface area contributed by atoms with Gasteiger partial charge in [0.15, 0.2) is 23.0 Å². The van der Waals surface area contributed by atoms with E-state index in [-0.39, 0.29) is 0 Å². The molecule has 6 aromatic rings. The van der Waals surface area contributed by atoms with Crippen LogP contribution in [-0.4, -0.2) is 35.5 Å². The molecule has 0 spiro atoms. The van der Waals surface area contributed by atoms with Crippen LogP contribution in [-0.2, 0) is 38.5 Å². The van der Waals surface area contributed by atoms with Crippen molar-refractivity contribution in [3.63, 3.8) is 0 Å². The second-order valence-electron chi connectivity index (χ2n) is 13.0. The van der Waals surface area contributed by atoms with Crippen LogP contribution in [0.5, 0.6) is 51.7 Å². The molecule has 7 nitrogen and oxygen atoms in total. The second kappa shape index (κ2) is 18.6. The van der Waals surface area contributed by atoms with Crippen molar-refractivity contribution in [2.75, 3.05) is 35.5 Å². The van der Waals surface area contributed by atoms with Crippen molar-refractivity contribution in [1.82, 2.24) is 0 Å². The highest BCUT2D eigenvalue weighted by Gasteiger charge is 2.14. The second-order valence-corrected chi connectivity index (χ2v) is 13.0. The summed E-state index contributed by atoms with van der Waals surface area (Å²) in [5.74, 6) is 6.41. The van der Waals surface area contributed by atoms with Gasteiger partial charge in [0.1, 0.15) is 28.7 Å². The molecule has 0 amide bonds. The maximum Gasteiger partial charge on any atom is 0.169 e. The average Bonchev–Trinajstić information content (AvgIpc) is 3.22. The number of ether oxygens (including phenoxy) is 7. The maximum atomic E-state index is 6.63. The Labute approximate surface area is 319 Å². The molecule has 7 heteroatoms. The van der Waals surface area contributed by atoms with Crippen molar-refractivity contribution < 1.29 is 33.2 Å². The fourth-order valence-corrected chi connectivity index (χ4v) is 6.37. The zero-order valence-electron chi connectivity index (χ0n) is 31.7. The lowest BCUT2D eigenvalue weighted by atomic mass is 10.0. The van der Waals surface area contributed by atoms with E-state index in [4.69, 9.17) is 33.2 Å². The van der Waals surface area contributed by atoms with Gasteiger partial charge in [0.05, 0.1) is 35.5 Å². The first kappa shape index (κ1) is 37.7. The Kier molecular flexibility index (Phi) is 13.0. The molecule has 0 bridgehead atoms. The lowest BCUT2D eigenvalue weighted by Gasteiger charge is -2.16. The molecular weight excluding hydrogens is 677 g/mol. The number of methoxy groups -OCH3 is 5. The monoisotopic (exact) mass is 724 g/mol. The highest BCUT2D eigenvalue weighted by atomic mass is 16.5. The molecule has 278 valence electrons. The van der Waals surface area contributed by atoms with Crippen molar-refractivity contribution in [1.29, 1.82) is 0 Å². The van der Waals surface area contributed by atoms with Crippen molar-refractivity contribution in [2.24, 2.45) is 0 Å². The van der Waals surface area contributed by atoms with E-state index in [1.807, 2.05) is 54.6 Å². The third kappa shape index (κ3) is 10.3. The molecule has 0 radical (unpaired) electrons. The van der Waals surface area contributed by atoms with E-state index < -0.39 is 0 Å². The van der Waals surface area contributed by atoms with E-state index >= 15 is 0 Å². The van der Waals surface area contributed by atoms with Crippen LogP contribution in [0.25, 0.3) is 0 Å². The van der Waals surface area contributed by atoms with Crippen molar-refractivity contribution in [3.8, 4) is 51.7 Å². The number of aryl methyl sites for hydroxylation is 6. The van der Waals surface area contributed by atoms with Gasteiger partial charge in [-0.15, -0.1) is 0 Å². The van der Waals surface area contributed by atoms with Gasteiger partial charge >= 0.3 is 0 Å². The molecule has 0 saturated carbocycles. The third-order valence-electron chi connectivity index (χ3n) is 9.39. The van der Waals surface area contributed by atoms with E-state index in [1.165, 1.54) is 16.7 Å². The number of rotatable bonds is 18. The Bertz CT molecular complexity index is 2000. The molecule has 6 rings (SSSR count). The van der Waals surface area contributed by atoms with Gasteiger partial charge < -0.3 is 33.2 Å². The van der Waals surface area contributed by atoms with Crippen LogP contribution in [0, 0.1) is 0 Å². The molecule has 0 aliphatic heterocycles. The van der Waals surface area contributed by atoms with Gasteiger partial charge in [0.2, 0.25) is 0 Å². The molecule has 0 fully saturated rings. The predicted molar refractivity (Wildman–Crippen MR) is 214 cm³/mol. The van der Waals surface area contributed by atoms with Gasteiger partial charge in [-0.25, -0.2) is 0 Å². The van der Waals surface area contributed by atoms with Gasteiger partial charge in [-0.05, 0) is 145 Å². The molecule has 0 atom stereocenters. The molecule has 0 unspecified atom stereocenters. The Morgan fingerprint density at radius 2 is 0.667 bits per heavy atom. The zero-order valence-corrected chi connectivity index (χ0v) is 31.7. The highest BCUT2D eigenvalue weighted by Crippen LogP contribution is 2.38. The molecule has 0 saturated heterocycles. The quantitative estimate of drug-likeness (QED) is 0.0874. The van der Waals surface area contributed by atoms with Gasteiger partial charge in [-0.2, -0.15) is 0 Å². The molecular formula is C47H48O7. The Morgan fingerprint density at radius 3 is 1.11 bits per heavy atom. The van der Waals surface area contributed by atoms with Crippen molar-refractivity contribution in [2.45, 2.75) is 38.5 Å². The molecule has 0 heterocycles. The zero-order chi connectivity index (χ0) is 37.7. The normalized spacial score (nSPS) is 10.8. The molecule has 0 N–H and O–H groups in total. The summed E-state index contributed by atoms with van der Waals surface area (Å²) in [4.78, 5) is 0. The predicted octanol–water partition coefficient (Wildman–Crippen LogP) is 10.7. The minimum Gasteiger partial charge on any atom is -0.497 e.